The van der Waals surface area contributed by atoms with E-state index in [-0.39, 0.29) is 23.3 Å². The molecular formula is C25H24FN7O2. The Morgan fingerprint density at radius 2 is 1.86 bits per heavy atom. The molecule has 5 aromatic rings. The molecule has 0 saturated heterocycles. The van der Waals surface area contributed by atoms with Crippen LogP contribution in [0.15, 0.2) is 59.6 Å². The standard InChI is InChI=1S/C25H24FN7O2/c1-25(2,3)21-10-22(31-35-21)30-24(34)9-15-5-6-16(7-19(15)26)20-13-27-23-8-17(11-29-33(20)23)18-12-28-32(4)14-18/h5-8,10-14H,9H2,1-4H3,(H,30,31,34). The Balaban J connectivity index is 1.33. The van der Waals surface area contributed by atoms with Gasteiger partial charge in [0.25, 0.3) is 0 Å². The summed E-state index contributed by atoms with van der Waals surface area (Å²) in [4.78, 5) is 16.9. The number of halogens is 1. The Morgan fingerprint density at radius 3 is 2.54 bits per heavy atom. The minimum absolute atomic E-state index is 0.135. The number of rotatable bonds is 5. The Hall–Kier alpha value is -4.34. The lowest BCUT2D eigenvalue weighted by Crippen LogP contribution is -2.15. The number of carbonyl (C=O) groups excluding carboxylic acids is 1. The van der Waals surface area contributed by atoms with E-state index in [4.69, 9.17) is 4.52 Å². The minimum Gasteiger partial charge on any atom is -0.359 e. The van der Waals surface area contributed by atoms with Crippen LogP contribution < -0.4 is 5.32 Å². The molecule has 0 saturated carbocycles. The summed E-state index contributed by atoms with van der Waals surface area (Å²) in [6, 6.07) is 8.31. The number of imidazole rings is 1. The van der Waals surface area contributed by atoms with Gasteiger partial charge in [0.15, 0.2) is 11.5 Å². The summed E-state index contributed by atoms with van der Waals surface area (Å²) in [6.45, 7) is 5.94. The molecule has 5 rings (SSSR count). The molecule has 0 aliphatic carbocycles. The third-order valence-corrected chi connectivity index (χ3v) is 5.62. The molecule has 35 heavy (non-hydrogen) atoms. The van der Waals surface area contributed by atoms with Gasteiger partial charge in [-0.25, -0.2) is 13.9 Å². The third kappa shape index (κ3) is 4.54. The SMILES string of the molecule is Cn1cc(-c2cnn3c(-c4ccc(CC(=O)Nc5cc(C(C)(C)C)on5)c(F)c4)cnc3c2)cn1. The van der Waals surface area contributed by atoms with E-state index in [1.54, 1.807) is 46.0 Å². The van der Waals surface area contributed by atoms with Gasteiger partial charge in [-0.1, -0.05) is 38.1 Å². The van der Waals surface area contributed by atoms with Gasteiger partial charge < -0.3 is 9.84 Å². The van der Waals surface area contributed by atoms with Gasteiger partial charge >= 0.3 is 0 Å². The van der Waals surface area contributed by atoms with Crippen molar-refractivity contribution in [2.45, 2.75) is 32.6 Å². The molecule has 4 heterocycles. The highest BCUT2D eigenvalue weighted by Crippen LogP contribution is 2.26. The second kappa shape index (κ2) is 8.46. The molecule has 1 N–H and O–H groups in total. The van der Waals surface area contributed by atoms with Crippen molar-refractivity contribution in [1.29, 1.82) is 0 Å². The zero-order valence-corrected chi connectivity index (χ0v) is 19.8. The van der Waals surface area contributed by atoms with E-state index < -0.39 is 5.82 Å². The molecule has 0 aliphatic rings. The van der Waals surface area contributed by atoms with Crippen LogP contribution in [-0.2, 0) is 23.7 Å². The van der Waals surface area contributed by atoms with E-state index in [9.17, 15) is 9.18 Å². The van der Waals surface area contributed by atoms with E-state index in [0.29, 0.717) is 28.5 Å². The van der Waals surface area contributed by atoms with Crippen LogP contribution in [0.3, 0.4) is 0 Å². The first-order valence-electron chi connectivity index (χ1n) is 11.1. The highest BCUT2D eigenvalue weighted by molar-refractivity contribution is 5.91. The number of amides is 1. The van der Waals surface area contributed by atoms with Crippen LogP contribution in [0.25, 0.3) is 28.0 Å². The van der Waals surface area contributed by atoms with Crippen molar-refractivity contribution in [3.8, 4) is 22.4 Å². The first-order valence-corrected chi connectivity index (χ1v) is 11.1. The van der Waals surface area contributed by atoms with Crippen molar-refractivity contribution in [2.24, 2.45) is 7.05 Å². The summed E-state index contributed by atoms with van der Waals surface area (Å²) in [7, 11) is 1.85. The lowest BCUT2D eigenvalue weighted by Gasteiger charge is -2.12. The molecule has 0 aliphatic heterocycles. The Morgan fingerprint density at radius 1 is 1.06 bits per heavy atom. The monoisotopic (exact) mass is 473 g/mol. The fourth-order valence-corrected chi connectivity index (χ4v) is 3.70. The molecule has 0 unspecified atom stereocenters. The number of fused-ring (bicyclic) bond motifs is 1. The first kappa shape index (κ1) is 22.5. The molecule has 9 nitrogen and oxygen atoms in total. The molecule has 4 aromatic heterocycles. The van der Waals surface area contributed by atoms with Crippen LogP contribution in [0, 0.1) is 5.82 Å². The zero-order chi connectivity index (χ0) is 24.7. The van der Waals surface area contributed by atoms with Gasteiger partial charge in [-0.2, -0.15) is 10.2 Å². The fraction of sp³-hybridized carbons (Fsp3) is 0.240. The van der Waals surface area contributed by atoms with Gasteiger partial charge in [0.05, 0.1) is 30.7 Å². The van der Waals surface area contributed by atoms with E-state index >= 15 is 0 Å². The van der Waals surface area contributed by atoms with Crippen molar-refractivity contribution in [3.05, 3.63) is 72.3 Å². The summed E-state index contributed by atoms with van der Waals surface area (Å²) >= 11 is 0. The number of aromatic nitrogens is 6. The van der Waals surface area contributed by atoms with Gasteiger partial charge in [-0.15, -0.1) is 0 Å². The Labute approximate surface area is 200 Å². The number of benzene rings is 1. The smallest absolute Gasteiger partial charge is 0.230 e. The molecule has 0 atom stereocenters. The van der Waals surface area contributed by atoms with Gasteiger partial charge in [0.1, 0.15) is 11.6 Å². The highest BCUT2D eigenvalue weighted by Gasteiger charge is 2.21. The average molecular weight is 474 g/mol. The molecule has 0 spiro atoms. The summed E-state index contributed by atoms with van der Waals surface area (Å²) in [5.74, 6) is 0.0804. The normalized spacial score (nSPS) is 11.8. The molecular weight excluding hydrogens is 449 g/mol. The maximum atomic E-state index is 14.9. The van der Waals surface area contributed by atoms with Crippen molar-refractivity contribution >= 4 is 17.4 Å². The number of anilines is 1. The van der Waals surface area contributed by atoms with Crippen molar-refractivity contribution in [2.75, 3.05) is 5.32 Å². The molecule has 0 fully saturated rings. The minimum atomic E-state index is -0.491. The van der Waals surface area contributed by atoms with E-state index in [1.165, 1.54) is 6.07 Å². The lowest BCUT2D eigenvalue weighted by atomic mass is 9.93. The predicted octanol–water partition coefficient (Wildman–Crippen LogP) is 4.40. The van der Waals surface area contributed by atoms with Crippen molar-refractivity contribution in [1.82, 2.24) is 29.5 Å². The lowest BCUT2D eigenvalue weighted by molar-refractivity contribution is -0.115. The molecule has 10 heteroatoms. The zero-order valence-electron chi connectivity index (χ0n) is 19.8. The largest absolute Gasteiger partial charge is 0.359 e. The number of nitrogens with zero attached hydrogens (tertiary/aromatic N) is 6. The second-order valence-corrected chi connectivity index (χ2v) is 9.42. The Kier molecular flexibility index (Phi) is 5.43. The van der Waals surface area contributed by atoms with E-state index in [2.05, 4.69) is 25.7 Å². The summed E-state index contributed by atoms with van der Waals surface area (Å²) in [6.07, 6.45) is 6.89. The maximum Gasteiger partial charge on any atom is 0.230 e. The van der Waals surface area contributed by atoms with Crippen LogP contribution in [0.4, 0.5) is 10.2 Å². The third-order valence-electron chi connectivity index (χ3n) is 5.62. The number of carbonyl (C=O) groups is 1. The fourth-order valence-electron chi connectivity index (χ4n) is 3.70. The van der Waals surface area contributed by atoms with E-state index in [1.807, 2.05) is 40.1 Å². The maximum absolute atomic E-state index is 14.9. The van der Waals surface area contributed by atoms with Gasteiger partial charge in [0, 0.05) is 41.4 Å². The number of nitrogens with one attached hydrogen (secondary N) is 1. The van der Waals surface area contributed by atoms with Crippen LogP contribution in [0.2, 0.25) is 0 Å². The van der Waals surface area contributed by atoms with Crippen molar-refractivity contribution in [3.63, 3.8) is 0 Å². The number of hydrogen-bond acceptors (Lipinski definition) is 6. The molecule has 1 aromatic carbocycles. The summed E-state index contributed by atoms with van der Waals surface area (Å²) in [5, 5.41) is 15.2. The Bertz CT molecular complexity index is 1540. The van der Waals surface area contributed by atoms with Crippen LogP contribution >= 0.6 is 0 Å². The van der Waals surface area contributed by atoms with Crippen LogP contribution in [0.5, 0.6) is 0 Å². The summed E-state index contributed by atoms with van der Waals surface area (Å²) < 4.78 is 23.6. The quantitative estimate of drug-likeness (QED) is 0.406. The second-order valence-electron chi connectivity index (χ2n) is 9.42. The summed E-state index contributed by atoms with van der Waals surface area (Å²) in [5.41, 5.74) is 3.74. The van der Waals surface area contributed by atoms with Gasteiger partial charge in [0.2, 0.25) is 5.91 Å². The van der Waals surface area contributed by atoms with Gasteiger partial charge in [-0.3, -0.25) is 9.48 Å². The molecule has 1 amide bonds. The van der Waals surface area contributed by atoms with Crippen molar-refractivity contribution < 1.29 is 13.7 Å². The first-order chi connectivity index (χ1) is 16.7. The molecule has 0 bridgehead atoms. The van der Waals surface area contributed by atoms with Crippen LogP contribution in [-0.4, -0.2) is 35.4 Å². The van der Waals surface area contributed by atoms with E-state index in [0.717, 1.165) is 11.1 Å². The molecule has 178 valence electrons. The highest BCUT2D eigenvalue weighted by atomic mass is 19.1. The van der Waals surface area contributed by atoms with Crippen LogP contribution in [0.1, 0.15) is 32.1 Å². The predicted molar refractivity (Wildman–Crippen MR) is 128 cm³/mol. The molecule has 0 radical (unpaired) electrons. The topological polar surface area (TPSA) is 103 Å². The van der Waals surface area contributed by atoms with Gasteiger partial charge in [-0.05, 0) is 17.7 Å². The average Bonchev–Trinajstić information content (AvgIpc) is 3.54. The number of hydrogen-bond donors (Lipinski definition) is 1. The number of aryl methyl sites for hydroxylation is 1.